The van der Waals surface area contributed by atoms with Crippen LogP contribution in [-0.4, -0.2) is 13.4 Å². The first-order chi connectivity index (χ1) is 11.5. The summed E-state index contributed by atoms with van der Waals surface area (Å²) >= 11 is 8.73. The van der Waals surface area contributed by atoms with E-state index in [4.69, 9.17) is 11.6 Å². The van der Waals surface area contributed by atoms with Crippen molar-refractivity contribution in [1.82, 2.24) is 4.98 Å². The molecule has 0 aliphatic rings. The quantitative estimate of drug-likeness (QED) is 0.594. The van der Waals surface area contributed by atoms with Gasteiger partial charge in [-0.15, -0.1) is 11.3 Å². The molecule has 0 aliphatic heterocycles. The molecule has 0 aliphatic carbocycles. The summed E-state index contributed by atoms with van der Waals surface area (Å²) in [5, 5.41) is 16.1. The molecule has 8 heteroatoms. The third-order valence-electron chi connectivity index (χ3n) is 3.09. The van der Waals surface area contributed by atoms with E-state index in [-0.39, 0.29) is 9.80 Å². The zero-order valence-corrected chi connectivity index (χ0v) is 15.2. The third kappa shape index (κ3) is 3.42. The number of thiazole rings is 1. The highest BCUT2D eigenvalue weighted by atomic mass is 35.5. The normalized spacial score (nSPS) is 12.1. The number of thiophene rings is 1. The Kier molecular flexibility index (Phi) is 4.83. The van der Waals surface area contributed by atoms with Crippen molar-refractivity contribution in [3.63, 3.8) is 0 Å². The molecule has 2 aromatic heterocycles. The number of rotatable bonds is 4. The third-order valence-corrected chi connectivity index (χ3v) is 6.62. The molecule has 0 saturated heterocycles. The lowest BCUT2D eigenvalue weighted by atomic mass is 10.3. The number of aromatic nitrogens is 1. The number of nitriles is 1. The van der Waals surface area contributed by atoms with E-state index in [0.29, 0.717) is 10.7 Å². The van der Waals surface area contributed by atoms with Crippen LogP contribution in [0.25, 0.3) is 16.6 Å². The van der Waals surface area contributed by atoms with Crippen LogP contribution >= 0.6 is 34.3 Å². The maximum Gasteiger partial charge on any atom is 0.216 e. The minimum atomic E-state index is -3.90. The lowest BCUT2D eigenvalue weighted by molar-refractivity contribution is 0.603. The van der Waals surface area contributed by atoms with E-state index < -0.39 is 9.84 Å². The average molecular weight is 393 g/mol. The number of hydrogen-bond donors (Lipinski definition) is 0. The van der Waals surface area contributed by atoms with E-state index in [1.807, 2.05) is 16.8 Å². The van der Waals surface area contributed by atoms with Crippen LogP contribution in [0.5, 0.6) is 0 Å². The van der Waals surface area contributed by atoms with Crippen molar-refractivity contribution in [2.45, 2.75) is 4.90 Å². The second kappa shape index (κ2) is 6.87. The molecular formula is C16H9ClN2O2S3. The number of nitrogens with zero attached hydrogens (tertiary/aromatic N) is 2. The Morgan fingerprint density at radius 2 is 1.96 bits per heavy atom. The number of allylic oxidation sites excluding steroid dienone is 1. The van der Waals surface area contributed by atoms with Gasteiger partial charge in [-0.1, -0.05) is 11.6 Å². The fraction of sp³-hybridized carbons (Fsp3) is 0. The van der Waals surface area contributed by atoms with Crippen molar-refractivity contribution in [3.05, 3.63) is 62.1 Å². The maximum absolute atomic E-state index is 12.6. The summed E-state index contributed by atoms with van der Waals surface area (Å²) in [6, 6.07) is 9.39. The van der Waals surface area contributed by atoms with Crippen LogP contribution < -0.4 is 0 Å². The van der Waals surface area contributed by atoms with Crippen molar-refractivity contribution < 1.29 is 8.42 Å². The van der Waals surface area contributed by atoms with Crippen LogP contribution in [0.2, 0.25) is 5.02 Å². The van der Waals surface area contributed by atoms with Crippen LogP contribution in [-0.2, 0) is 9.84 Å². The number of sulfone groups is 1. The second-order valence-electron chi connectivity index (χ2n) is 4.67. The van der Waals surface area contributed by atoms with Gasteiger partial charge in [0.2, 0.25) is 9.84 Å². The second-order valence-corrected chi connectivity index (χ2v) is 8.66. The standard InChI is InChI=1S/C16H9ClN2O2S3/c17-12-1-3-14(4-2-12)24(20,21)15(8-18)7-13-10-23-16(19-13)11-5-6-22-9-11/h1-7,9-10H/b15-7-. The van der Waals surface area contributed by atoms with Crippen molar-refractivity contribution >= 4 is 50.2 Å². The highest BCUT2D eigenvalue weighted by Crippen LogP contribution is 2.28. The summed E-state index contributed by atoms with van der Waals surface area (Å²) in [5.41, 5.74) is 1.42. The highest BCUT2D eigenvalue weighted by Gasteiger charge is 2.21. The van der Waals surface area contributed by atoms with Gasteiger partial charge in [-0.05, 0) is 41.8 Å². The van der Waals surface area contributed by atoms with Crippen LogP contribution in [0, 0.1) is 11.3 Å². The first kappa shape index (κ1) is 16.9. The molecule has 3 rings (SSSR count). The SMILES string of the molecule is N#C/C(=C/c1csc(-c2ccsc2)n1)S(=O)(=O)c1ccc(Cl)cc1. The minimum absolute atomic E-state index is 0.0213. The summed E-state index contributed by atoms with van der Waals surface area (Å²) < 4.78 is 25.1. The zero-order valence-electron chi connectivity index (χ0n) is 12.0. The first-order valence-corrected chi connectivity index (χ1v) is 10.3. The Balaban J connectivity index is 1.98. The van der Waals surface area contributed by atoms with Crippen LogP contribution in [0.15, 0.2) is 56.3 Å². The van der Waals surface area contributed by atoms with Gasteiger partial charge >= 0.3 is 0 Å². The van der Waals surface area contributed by atoms with Gasteiger partial charge in [0.25, 0.3) is 0 Å². The van der Waals surface area contributed by atoms with E-state index in [1.54, 1.807) is 22.8 Å². The molecule has 120 valence electrons. The predicted molar refractivity (Wildman–Crippen MR) is 97.7 cm³/mol. The monoisotopic (exact) mass is 392 g/mol. The molecule has 0 fully saturated rings. The van der Waals surface area contributed by atoms with Crippen LogP contribution in [0.3, 0.4) is 0 Å². The Morgan fingerprint density at radius 3 is 2.58 bits per heavy atom. The van der Waals surface area contributed by atoms with E-state index in [9.17, 15) is 13.7 Å². The molecule has 0 unspecified atom stereocenters. The number of halogens is 1. The minimum Gasteiger partial charge on any atom is -0.237 e. The molecule has 0 bridgehead atoms. The van der Waals surface area contributed by atoms with Gasteiger partial charge in [0.15, 0.2) is 4.91 Å². The van der Waals surface area contributed by atoms with Gasteiger partial charge in [0.1, 0.15) is 11.1 Å². The number of benzene rings is 1. The van der Waals surface area contributed by atoms with Gasteiger partial charge < -0.3 is 0 Å². The Labute approximate surface area is 152 Å². The molecule has 2 heterocycles. The van der Waals surface area contributed by atoms with Crippen LogP contribution in [0.4, 0.5) is 0 Å². The van der Waals surface area contributed by atoms with Gasteiger partial charge in [0.05, 0.1) is 10.6 Å². The molecule has 0 N–H and O–H groups in total. The molecule has 0 spiro atoms. The van der Waals surface area contributed by atoms with Crippen molar-refractivity contribution in [3.8, 4) is 16.6 Å². The fourth-order valence-electron chi connectivity index (χ4n) is 1.92. The molecule has 0 saturated carbocycles. The fourth-order valence-corrected chi connectivity index (χ4v) is 4.68. The largest absolute Gasteiger partial charge is 0.237 e. The van der Waals surface area contributed by atoms with Crippen molar-refractivity contribution in [2.75, 3.05) is 0 Å². The summed E-state index contributed by atoms with van der Waals surface area (Å²) in [6.45, 7) is 0. The Bertz CT molecular complexity index is 1030. The summed E-state index contributed by atoms with van der Waals surface area (Å²) in [4.78, 5) is 4.04. The lowest BCUT2D eigenvalue weighted by Crippen LogP contribution is -2.03. The van der Waals surface area contributed by atoms with E-state index >= 15 is 0 Å². The molecule has 0 atom stereocenters. The lowest BCUT2D eigenvalue weighted by Gasteiger charge is -2.02. The van der Waals surface area contributed by atoms with Crippen LogP contribution in [0.1, 0.15) is 5.69 Å². The molecule has 0 amide bonds. The number of hydrogen-bond acceptors (Lipinski definition) is 6. The van der Waals surface area contributed by atoms with E-state index in [1.165, 1.54) is 41.7 Å². The highest BCUT2D eigenvalue weighted by molar-refractivity contribution is 7.95. The zero-order chi connectivity index (χ0) is 17.2. The maximum atomic E-state index is 12.6. The van der Waals surface area contributed by atoms with Gasteiger partial charge in [-0.25, -0.2) is 13.4 Å². The van der Waals surface area contributed by atoms with Gasteiger partial charge in [-0.3, -0.25) is 0 Å². The summed E-state index contributed by atoms with van der Waals surface area (Å²) in [5.74, 6) is 0. The van der Waals surface area contributed by atoms with Crippen molar-refractivity contribution in [2.24, 2.45) is 0 Å². The van der Waals surface area contributed by atoms with Gasteiger partial charge in [-0.2, -0.15) is 16.6 Å². The molecule has 24 heavy (non-hydrogen) atoms. The molecule has 3 aromatic rings. The van der Waals surface area contributed by atoms with E-state index in [0.717, 1.165) is 10.6 Å². The first-order valence-electron chi connectivity index (χ1n) is 6.61. The molecular weight excluding hydrogens is 384 g/mol. The topological polar surface area (TPSA) is 70.8 Å². The van der Waals surface area contributed by atoms with Gasteiger partial charge in [0, 0.05) is 21.3 Å². The summed E-state index contributed by atoms with van der Waals surface area (Å²) in [7, 11) is -3.90. The Morgan fingerprint density at radius 1 is 1.21 bits per heavy atom. The molecule has 4 nitrogen and oxygen atoms in total. The Hall–Kier alpha value is -1.98. The molecule has 0 radical (unpaired) electrons. The average Bonchev–Trinajstić information content (AvgIpc) is 3.24. The smallest absolute Gasteiger partial charge is 0.216 e. The van der Waals surface area contributed by atoms with E-state index in [2.05, 4.69) is 4.98 Å². The molecule has 1 aromatic carbocycles. The summed E-state index contributed by atoms with van der Waals surface area (Å²) in [6.07, 6.45) is 1.29. The van der Waals surface area contributed by atoms with Crippen molar-refractivity contribution in [1.29, 1.82) is 5.26 Å². The predicted octanol–water partition coefficient (Wildman–Crippen LogP) is 4.86.